The first-order valence-electron chi connectivity index (χ1n) is 12.1. The molecule has 0 fully saturated rings. The van der Waals surface area contributed by atoms with Crippen LogP contribution in [0.4, 0.5) is 10.1 Å². The van der Waals surface area contributed by atoms with Crippen molar-refractivity contribution in [2.45, 2.75) is 66.8 Å². The number of carbonyl (C=O) groups excluding carboxylic acids is 4. The predicted octanol–water partition coefficient (Wildman–Crippen LogP) is 3.32. The molecule has 1 rings (SSSR count). The number of allylic oxidation sites excluding steroid dienone is 1. The number of aliphatic imine (C=N–C) groups is 1. The van der Waals surface area contributed by atoms with E-state index in [1.54, 1.807) is 26.0 Å². The van der Waals surface area contributed by atoms with Crippen LogP contribution in [0.1, 0.15) is 60.8 Å². The molecule has 0 heterocycles. The lowest BCUT2D eigenvalue weighted by molar-refractivity contribution is -0.148. The van der Waals surface area contributed by atoms with Crippen LogP contribution < -0.4 is 16.4 Å². The monoisotopic (exact) mass is 524 g/mol. The first-order chi connectivity index (χ1) is 17.6. The standard InChI is InChI=1S/C12H20N2O6.C11H13FN2.C3H8/c1-3-19-11(17)6-5-9(12(18)20-4-2)14-10(16)7-13-8-15;1-8(7-13)9(2)14-11-5-3-10(12)4-6-11;1-3-2/h8-9H,3-7H2,1-2H3,(H,13,15)(H,14,16);3-7H,13H2,1-2H3;3H2,1-2H3/b;8-7-,14-9?;. The molecule has 0 aliphatic heterocycles. The van der Waals surface area contributed by atoms with Gasteiger partial charge in [0.2, 0.25) is 12.3 Å². The van der Waals surface area contributed by atoms with Crippen LogP contribution in [0.5, 0.6) is 0 Å². The van der Waals surface area contributed by atoms with E-state index in [0.29, 0.717) is 6.41 Å². The summed E-state index contributed by atoms with van der Waals surface area (Å²) >= 11 is 0. The molecule has 0 bridgehead atoms. The Labute approximate surface area is 218 Å². The lowest BCUT2D eigenvalue weighted by Crippen LogP contribution is -2.45. The number of ether oxygens (including phenoxy) is 2. The molecule has 1 aromatic carbocycles. The molecule has 11 heteroatoms. The van der Waals surface area contributed by atoms with E-state index in [0.717, 1.165) is 17.0 Å². The highest BCUT2D eigenvalue weighted by molar-refractivity contribution is 5.99. The highest BCUT2D eigenvalue weighted by atomic mass is 19.1. The molecule has 208 valence electrons. The zero-order valence-electron chi connectivity index (χ0n) is 22.6. The molecule has 10 nitrogen and oxygen atoms in total. The number of nitrogens with two attached hydrogens (primary N) is 1. The maximum Gasteiger partial charge on any atom is 0.328 e. The molecule has 0 aliphatic carbocycles. The Morgan fingerprint density at radius 1 is 1.05 bits per heavy atom. The van der Waals surface area contributed by atoms with Crippen molar-refractivity contribution in [3.63, 3.8) is 0 Å². The summed E-state index contributed by atoms with van der Waals surface area (Å²) in [6.07, 6.45) is 3.18. The summed E-state index contributed by atoms with van der Waals surface area (Å²) < 4.78 is 22.1. The molecule has 0 saturated heterocycles. The number of nitrogens with zero attached hydrogens (tertiary/aromatic N) is 1. The van der Waals surface area contributed by atoms with Crippen LogP contribution in [0.15, 0.2) is 41.0 Å². The third kappa shape index (κ3) is 19.1. The van der Waals surface area contributed by atoms with Gasteiger partial charge in [-0.15, -0.1) is 0 Å². The van der Waals surface area contributed by atoms with Crippen LogP contribution in [0, 0.1) is 5.82 Å². The zero-order chi connectivity index (χ0) is 28.6. The number of rotatable bonds is 12. The third-order valence-corrected chi connectivity index (χ3v) is 4.14. The van der Waals surface area contributed by atoms with E-state index >= 15 is 0 Å². The number of carbonyl (C=O) groups is 4. The summed E-state index contributed by atoms with van der Waals surface area (Å²) in [6, 6.07) is 5.08. The van der Waals surface area contributed by atoms with E-state index < -0.39 is 23.9 Å². The number of hydrogen-bond acceptors (Lipinski definition) is 8. The molecule has 0 radical (unpaired) electrons. The van der Waals surface area contributed by atoms with Crippen molar-refractivity contribution in [3.05, 3.63) is 41.9 Å². The molecular formula is C26H41FN4O6. The lowest BCUT2D eigenvalue weighted by Gasteiger charge is -2.16. The Morgan fingerprint density at radius 2 is 1.62 bits per heavy atom. The fourth-order valence-corrected chi connectivity index (χ4v) is 2.28. The quantitative estimate of drug-likeness (QED) is 0.216. The molecule has 2 amide bonds. The van der Waals surface area contributed by atoms with E-state index in [-0.39, 0.29) is 38.4 Å². The number of esters is 2. The number of amides is 2. The second kappa shape index (κ2) is 22.7. The molecular weight excluding hydrogens is 483 g/mol. The minimum absolute atomic E-state index is 0.0152. The van der Waals surface area contributed by atoms with Crippen LogP contribution in [0.3, 0.4) is 0 Å². The highest BCUT2D eigenvalue weighted by Crippen LogP contribution is 2.13. The average Bonchev–Trinajstić information content (AvgIpc) is 2.87. The number of benzene rings is 1. The molecule has 0 aliphatic rings. The van der Waals surface area contributed by atoms with Crippen molar-refractivity contribution in [3.8, 4) is 0 Å². The van der Waals surface area contributed by atoms with E-state index in [4.69, 9.17) is 15.2 Å². The largest absolute Gasteiger partial charge is 0.466 e. The molecule has 37 heavy (non-hydrogen) atoms. The van der Waals surface area contributed by atoms with Crippen molar-refractivity contribution in [1.29, 1.82) is 0 Å². The maximum absolute atomic E-state index is 12.6. The van der Waals surface area contributed by atoms with E-state index in [1.165, 1.54) is 24.8 Å². The molecule has 1 aromatic rings. The van der Waals surface area contributed by atoms with E-state index in [9.17, 15) is 23.6 Å². The van der Waals surface area contributed by atoms with Crippen LogP contribution in [0.25, 0.3) is 0 Å². The van der Waals surface area contributed by atoms with Gasteiger partial charge < -0.3 is 25.8 Å². The van der Waals surface area contributed by atoms with Gasteiger partial charge in [-0.05, 0) is 70.2 Å². The van der Waals surface area contributed by atoms with Crippen molar-refractivity contribution in [1.82, 2.24) is 10.6 Å². The maximum atomic E-state index is 12.6. The Hall–Kier alpha value is -3.76. The van der Waals surface area contributed by atoms with Gasteiger partial charge in [-0.1, -0.05) is 20.3 Å². The van der Waals surface area contributed by atoms with Gasteiger partial charge in [-0.25, -0.2) is 9.18 Å². The first kappa shape index (κ1) is 35.4. The number of halogens is 1. The van der Waals surface area contributed by atoms with Crippen LogP contribution in [-0.2, 0) is 28.7 Å². The Morgan fingerprint density at radius 3 is 2.11 bits per heavy atom. The molecule has 0 saturated carbocycles. The second-order valence-electron chi connectivity index (χ2n) is 7.45. The van der Waals surface area contributed by atoms with Crippen LogP contribution in [-0.4, -0.2) is 55.8 Å². The van der Waals surface area contributed by atoms with Gasteiger partial charge in [0, 0.05) is 12.1 Å². The van der Waals surface area contributed by atoms with Gasteiger partial charge in [0.25, 0.3) is 0 Å². The van der Waals surface area contributed by atoms with Crippen LogP contribution >= 0.6 is 0 Å². The summed E-state index contributed by atoms with van der Waals surface area (Å²) in [5.74, 6) is -1.88. The number of hydrogen-bond donors (Lipinski definition) is 3. The van der Waals surface area contributed by atoms with Gasteiger partial charge >= 0.3 is 11.9 Å². The summed E-state index contributed by atoms with van der Waals surface area (Å²) in [4.78, 5) is 48.7. The fraction of sp³-hybridized carbons (Fsp3) is 0.500. The van der Waals surface area contributed by atoms with E-state index in [1.807, 2.05) is 13.8 Å². The van der Waals surface area contributed by atoms with Crippen molar-refractivity contribution < 1.29 is 33.0 Å². The molecule has 0 aromatic heterocycles. The Kier molecular flexibility index (Phi) is 21.7. The average molecular weight is 525 g/mol. The van der Waals surface area contributed by atoms with Crippen molar-refractivity contribution >= 4 is 35.7 Å². The topological polar surface area (TPSA) is 149 Å². The minimum Gasteiger partial charge on any atom is -0.466 e. The normalized spacial score (nSPS) is 11.4. The lowest BCUT2D eigenvalue weighted by atomic mass is 10.1. The Balaban J connectivity index is 0. The predicted molar refractivity (Wildman–Crippen MR) is 142 cm³/mol. The molecule has 1 atom stereocenters. The smallest absolute Gasteiger partial charge is 0.328 e. The van der Waals surface area contributed by atoms with E-state index in [2.05, 4.69) is 29.5 Å². The Bertz CT molecular complexity index is 872. The van der Waals surface area contributed by atoms with Crippen molar-refractivity contribution in [2.24, 2.45) is 10.7 Å². The molecule has 1 unspecified atom stereocenters. The summed E-state index contributed by atoms with van der Waals surface area (Å²) in [5, 5.41) is 4.56. The fourth-order valence-electron chi connectivity index (χ4n) is 2.28. The summed E-state index contributed by atoms with van der Waals surface area (Å²) in [5.41, 5.74) is 7.82. The third-order valence-electron chi connectivity index (χ3n) is 4.14. The van der Waals surface area contributed by atoms with Gasteiger partial charge in [0.1, 0.15) is 11.9 Å². The highest BCUT2D eigenvalue weighted by Gasteiger charge is 2.23. The first-order valence-corrected chi connectivity index (χ1v) is 12.1. The minimum atomic E-state index is -0.944. The SMILES string of the molecule is CC(=Nc1ccc(F)cc1)/C(C)=C\N.CCC.CCOC(=O)CCC(NC(=O)CNC=O)C(=O)OCC. The van der Waals surface area contributed by atoms with Gasteiger partial charge in [0.15, 0.2) is 0 Å². The van der Waals surface area contributed by atoms with Gasteiger partial charge in [0.05, 0.1) is 25.4 Å². The van der Waals surface area contributed by atoms with Gasteiger partial charge in [-0.3, -0.25) is 19.4 Å². The second-order valence-corrected chi connectivity index (χ2v) is 7.45. The zero-order valence-corrected chi connectivity index (χ0v) is 22.6. The molecule has 4 N–H and O–H groups in total. The number of nitrogens with one attached hydrogen (secondary N) is 2. The van der Waals surface area contributed by atoms with Crippen LogP contribution in [0.2, 0.25) is 0 Å². The molecule has 0 spiro atoms. The van der Waals surface area contributed by atoms with Gasteiger partial charge in [-0.2, -0.15) is 0 Å². The summed E-state index contributed by atoms with van der Waals surface area (Å²) in [6.45, 7) is 11.5. The van der Waals surface area contributed by atoms with Crippen molar-refractivity contribution in [2.75, 3.05) is 19.8 Å². The summed E-state index contributed by atoms with van der Waals surface area (Å²) in [7, 11) is 0.